The number of sulfonamides is 1. The molecule has 7 nitrogen and oxygen atoms in total. The van der Waals surface area contributed by atoms with Crippen molar-refractivity contribution in [2.45, 2.75) is 30.6 Å². The molecule has 1 aliphatic rings. The number of nitrogens with zero attached hydrogens (tertiary/aromatic N) is 1. The molecule has 4 rings (SSSR count). The fourth-order valence-corrected chi connectivity index (χ4v) is 5.46. The van der Waals surface area contributed by atoms with E-state index in [-0.39, 0.29) is 17.4 Å². The Bertz CT molecular complexity index is 1210. The van der Waals surface area contributed by atoms with Gasteiger partial charge in [0.2, 0.25) is 10.0 Å². The van der Waals surface area contributed by atoms with Crippen molar-refractivity contribution >= 4 is 21.6 Å². The van der Waals surface area contributed by atoms with E-state index in [9.17, 15) is 13.2 Å². The molecule has 184 valence electrons. The normalized spacial score (nSPS) is 14.6. The number of ether oxygens (including phenoxy) is 2. The first kappa shape index (κ1) is 24.8. The lowest BCUT2D eigenvalue weighted by atomic mass is 10.2. The van der Waals surface area contributed by atoms with Crippen LogP contribution < -0.4 is 14.8 Å². The lowest BCUT2D eigenvalue weighted by Crippen LogP contribution is -2.31. The second kappa shape index (κ2) is 11.9. The molecular formula is C27H30N2O5S. The summed E-state index contributed by atoms with van der Waals surface area (Å²) in [5.74, 6) is 0.859. The molecule has 0 unspecified atom stereocenters. The van der Waals surface area contributed by atoms with Gasteiger partial charge in [-0.25, -0.2) is 8.42 Å². The summed E-state index contributed by atoms with van der Waals surface area (Å²) in [5.41, 5.74) is 0.889. The number of amides is 1. The molecule has 3 aromatic rings. The highest BCUT2D eigenvalue weighted by molar-refractivity contribution is 7.89. The van der Waals surface area contributed by atoms with Crippen molar-refractivity contribution in [3.05, 3.63) is 84.4 Å². The van der Waals surface area contributed by atoms with Crippen molar-refractivity contribution in [2.24, 2.45) is 0 Å². The monoisotopic (exact) mass is 494 g/mol. The van der Waals surface area contributed by atoms with Crippen LogP contribution in [-0.4, -0.2) is 44.9 Å². The Morgan fingerprint density at radius 2 is 1.40 bits per heavy atom. The van der Waals surface area contributed by atoms with E-state index < -0.39 is 10.0 Å². The highest BCUT2D eigenvalue weighted by Crippen LogP contribution is 2.23. The molecule has 1 fully saturated rings. The SMILES string of the molecule is O=C(Nc1ccc(S(=O)(=O)N2CCCCCC2)cc1)c1ccccc1OCCOc1ccccc1. The molecule has 1 aliphatic heterocycles. The van der Waals surface area contributed by atoms with E-state index in [1.807, 2.05) is 30.3 Å². The predicted octanol–water partition coefficient (Wildman–Crippen LogP) is 4.96. The van der Waals surface area contributed by atoms with Crippen LogP contribution in [0.3, 0.4) is 0 Å². The molecule has 0 saturated carbocycles. The van der Waals surface area contributed by atoms with Gasteiger partial charge in [-0.15, -0.1) is 0 Å². The molecule has 1 amide bonds. The zero-order valence-electron chi connectivity index (χ0n) is 19.6. The number of para-hydroxylation sites is 2. The molecule has 0 aliphatic carbocycles. The maximum atomic E-state index is 13.0. The first-order valence-electron chi connectivity index (χ1n) is 11.9. The van der Waals surface area contributed by atoms with Gasteiger partial charge in [0.25, 0.3) is 5.91 Å². The topological polar surface area (TPSA) is 84.9 Å². The van der Waals surface area contributed by atoms with Gasteiger partial charge in [-0.2, -0.15) is 4.31 Å². The Morgan fingerprint density at radius 3 is 2.11 bits per heavy atom. The van der Waals surface area contributed by atoms with E-state index in [0.717, 1.165) is 31.4 Å². The van der Waals surface area contributed by atoms with Crippen molar-refractivity contribution < 1.29 is 22.7 Å². The summed E-state index contributed by atoms with van der Waals surface area (Å²) in [6.07, 6.45) is 3.88. The number of anilines is 1. The van der Waals surface area contributed by atoms with Gasteiger partial charge in [0.15, 0.2) is 0 Å². The van der Waals surface area contributed by atoms with Gasteiger partial charge in [-0.05, 0) is 61.4 Å². The average molecular weight is 495 g/mol. The average Bonchev–Trinajstić information content (AvgIpc) is 3.18. The largest absolute Gasteiger partial charge is 0.490 e. The Morgan fingerprint density at radius 1 is 0.771 bits per heavy atom. The molecule has 1 heterocycles. The minimum absolute atomic E-state index is 0.236. The molecule has 8 heteroatoms. The fourth-order valence-electron chi connectivity index (χ4n) is 3.95. The predicted molar refractivity (Wildman–Crippen MR) is 135 cm³/mol. The molecule has 0 bridgehead atoms. The maximum Gasteiger partial charge on any atom is 0.259 e. The molecule has 1 N–H and O–H groups in total. The van der Waals surface area contributed by atoms with E-state index in [1.54, 1.807) is 52.8 Å². The molecule has 0 spiro atoms. The summed E-state index contributed by atoms with van der Waals surface area (Å²) in [7, 11) is -3.53. The van der Waals surface area contributed by atoms with Crippen molar-refractivity contribution in [3.8, 4) is 11.5 Å². The third-order valence-electron chi connectivity index (χ3n) is 5.80. The summed E-state index contributed by atoms with van der Waals surface area (Å²) in [5, 5.41) is 2.82. The Kier molecular flexibility index (Phi) is 8.39. The minimum Gasteiger partial charge on any atom is -0.490 e. The van der Waals surface area contributed by atoms with Crippen LogP contribution in [-0.2, 0) is 10.0 Å². The highest BCUT2D eigenvalue weighted by Gasteiger charge is 2.25. The van der Waals surface area contributed by atoms with Gasteiger partial charge in [0.05, 0.1) is 10.5 Å². The van der Waals surface area contributed by atoms with Crippen molar-refractivity contribution in [3.63, 3.8) is 0 Å². The summed E-state index contributed by atoms with van der Waals surface area (Å²) in [6, 6.07) is 22.7. The van der Waals surface area contributed by atoms with Crippen LogP contribution in [0.2, 0.25) is 0 Å². The van der Waals surface area contributed by atoms with Crippen LogP contribution in [0.15, 0.2) is 83.8 Å². The van der Waals surface area contributed by atoms with Gasteiger partial charge < -0.3 is 14.8 Å². The van der Waals surface area contributed by atoms with Crippen LogP contribution in [0.1, 0.15) is 36.0 Å². The number of carbonyl (C=O) groups is 1. The lowest BCUT2D eigenvalue weighted by molar-refractivity contribution is 0.102. The Labute approximate surface area is 206 Å². The van der Waals surface area contributed by atoms with Crippen LogP contribution in [0, 0.1) is 0 Å². The zero-order valence-corrected chi connectivity index (χ0v) is 20.4. The summed E-state index contributed by atoms with van der Waals surface area (Å²) in [6.45, 7) is 1.72. The van der Waals surface area contributed by atoms with E-state index in [1.165, 1.54) is 0 Å². The zero-order chi connectivity index (χ0) is 24.5. The summed E-state index contributed by atoms with van der Waals surface area (Å²) in [4.78, 5) is 13.1. The maximum absolute atomic E-state index is 13.0. The van der Waals surface area contributed by atoms with Crippen molar-refractivity contribution in [1.82, 2.24) is 4.31 Å². The van der Waals surface area contributed by atoms with Crippen molar-refractivity contribution in [1.29, 1.82) is 0 Å². The smallest absolute Gasteiger partial charge is 0.259 e. The Hall–Kier alpha value is -3.36. The van der Waals surface area contributed by atoms with E-state index >= 15 is 0 Å². The molecule has 0 radical (unpaired) electrons. The molecule has 0 aromatic heterocycles. The number of rotatable bonds is 9. The van der Waals surface area contributed by atoms with Gasteiger partial charge in [0.1, 0.15) is 24.7 Å². The summed E-state index contributed by atoms with van der Waals surface area (Å²) < 4.78 is 38.9. The second-order valence-electron chi connectivity index (χ2n) is 8.30. The van der Waals surface area contributed by atoms with Crippen LogP contribution in [0.25, 0.3) is 0 Å². The van der Waals surface area contributed by atoms with Crippen LogP contribution in [0.4, 0.5) is 5.69 Å². The number of hydrogen-bond acceptors (Lipinski definition) is 5. The minimum atomic E-state index is -3.53. The first-order valence-corrected chi connectivity index (χ1v) is 13.3. The van der Waals surface area contributed by atoms with Crippen LogP contribution in [0.5, 0.6) is 11.5 Å². The fraction of sp³-hybridized carbons (Fsp3) is 0.296. The van der Waals surface area contributed by atoms with E-state index in [4.69, 9.17) is 9.47 Å². The quantitative estimate of drug-likeness (QED) is 0.425. The number of benzene rings is 3. The lowest BCUT2D eigenvalue weighted by Gasteiger charge is -2.20. The molecular weight excluding hydrogens is 464 g/mol. The molecule has 35 heavy (non-hydrogen) atoms. The number of carbonyl (C=O) groups excluding carboxylic acids is 1. The third-order valence-corrected chi connectivity index (χ3v) is 7.71. The molecule has 0 atom stereocenters. The van der Waals surface area contributed by atoms with Gasteiger partial charge in [-0.3, -0.25) is 4.79 Å². The van der Waals surface area contributed by atoms with Crippen molar-refractivity contribution in [2.75, 3.05) is 31.6 Å². The van der Waals surface area contributed by atoms with Gasteiger partial charge >= 0.3 is 0 Å². The number of nitrogens with one attached hydrogen (secondary N) is 1. The molecule has 1 saturated heterocycles. The highest BCUT2D eigenvalue weighted by atomic mass is 32.2. The Balaban J connectivity index is 1.36. The third kappa shape index (κ3) is 6.61. The first-order chi connectivity index (χ1) is 17.0. The summed E-state index contributed by atoms with van der Waals surface area (Å²) >= 11 is 0. The standard InChI is InChI=1S/C27H30N2O5S/c30-27(25-12-6-7-13-26(25)34-21-20-33-23-10-4-3-5-11-23)28-22-14-16-24(17-15-22)35(31,32)29-18-8-1-2-9-19-29/h3-7,10-17H,1-2,8-9,18-21H2,(H,28,30). The van der Waals surface area contributed by atoms with E-state index in [2.05, 4.69) is 5.32 Å². The van der Waals surface area contributed by atoms with Crippen LogP contribution >= 0.6 is 0 Å². The van der Waals surface area contributed by atoms with Gasteiger partial charge in [0, 0.05) is 18.8 Å². The number of hydrogen-bond donors (Lipinski definition) is 1. The second-order valence-corrected chi connectivity index (χ2v) is 10.2. The van der Waals surface area contributed by atoms with Gasteiger partial charge in [-0.1, -0.05) is 43.2 Å². The van der Waals surface area contributed by atoms with E-state index in [0.29, 0.717) is 36.7 Å². The molecule has 3 aromatic carbocycles.